The summed E-state index contributed by atoms with van der Waals surface area (Å²) in [5.74, 6) is 0. The van der Waals surface area contributed by atoms with Crippen molar-refractivity contribution in [3.05, 3.63) is 130 Å². The van der Waals surface area contributed by atoms with E-state index >= 15 is 0 Å². The predicted octanol–water partition coefficient (Wildman–Crippen LogP) is 12.0. The van der Waals surface area contributed by atoms with Crippen LogP contribution in [0.1, 0.15) is 108 Å². The zero-order chi connectivity index (χ0) is 30.8. The molecule has 224 valence electrons. The van der Waals surface area contributed by atoms with E-state index in [0.717, 1.165) is 38.5 Å². The Morgan fingerprint density at radius 3 is 1.80 bits per heavy atom. The molecule has 0 amide bonds. The Morgan fingerprint density at radius 2 is 1.22 bits per heavy atom. The Balaban J connectivity index is 2.55. The summed E-state index contributed by atoms with van der Waals surface area (Å²) >= 11 is 0. The minimum Gasteiger partial charge on any atom is -0.393 e. The van der Waals surface area contributed by atoms with Gasteiger partial charge in [0.2, 0.25) is 0 Å². The molecular weight excluding hydrogens is 496 g/mol. The Kier molecular flexibility index (Phi) is 17.0. The van der Waals surface area contributed by atoms with Crippen LogP contribution in [0.15, 0.2) is 130 Å². The van der Waals surface area contributed by atoms with Gasteiger partial charge in [-0.2, -0.15) is 0 Å². The Hall–Kier alpha value is -2.90. The van der Waals surface area contributed by atoms with Crippen LogP contribution in [0.4, 0.5) is 0 Å². The molecule has 1 aliphatic carbocycles. The number of aliphatic hydroxyl groups is 1. The molecule has 0 saturated heterocycles. The van der Waals surface area contributed by atoms with Crippen LogP contribution in [0.2, 0.25) is 0 Å². The third-order valence-electron chi connectivity index (χ3n) is 7.40. The van der Waals surface area contributed by atoms with Gasteiger partial charge in [-0.05, 0) is 105 Å². The molecule has 41 heavy (non-hydrogen) atoms. The summed E-state index contributed by atoms with van der Waals surface area (Å²) in [5, 5.41) is 10.1. The SMILES string of the molecule is CC(C)=CCC/C(C)=C/CC/C(C)=C/C=C/C(C)=C/C=C/C=C(C)/C=C/C=C(C)/C=C/C1=C(C)CC(O)CC1(C)C. The van der Waals surface area contributed by atoms with Crippen molar-refractivity contribution in [2.45, 2.75) is 114 Å². The van der Waals surface area contributed by atoms with Gasteiger partial charge in [-0.25, -0.2) is 0 Å². The number of hydrogen-bond acceptors (Lipinski definition) is 1. The zero-order valence-electron chi connectivity index (χ0n) is 27.9. The van der Waals surface area contributed by atoms with Crippen molar-refractivity contribution in [1.82, 2.24) is 0 Å². The molecule has 0 bridgehead atoms. The lowest BCUT2D eigenvalue weighted by atomic mass is 9.71. The van der Waals surface area contributed by atoms with Gasteiger partial charge in [0, 0.05) is 0 Å². The average molecular weight is 555 g/mol. The fraction of sp³-hybridized carbons (Fsp3) is 0.450. The summed E-state index contributed by atoms with van der Waals surface area (Å²) in [4.78, 5) is 0. The van der Waals surface area contributed by atoms with Crippen molar-refractivity contribution in [2.24, 2.45) is 5.41 Å². The first-order valence-corrected chi connectivity index (χ1v) is 15.4. The fourth-order valence-corrected chi connectivity index (χ4v) is 5.01. The van der Waals surface area contributed by atoms with Crippen LogP contribution in [0.25, 0.3) is 0 Å². The van der Waals surface area contributed by atoms with E-state index < -0.39 is 0 Å². The second-order valence-electron chi connectivity index (χ2n) is 12.7. The van der Waals surface area contributed by atoms with Crippen LogP contribution in [-0.4, -0.2) is 11.2 Å². The summed E-state index contributed by atoms with van der Waals surface area (Å²) in [5.41, 5.74) is 10.6. The van der Waals surface area contributed by atoms with E-state index in [1.807, 2.05) is 0 Å². The lowest BCUT2D eigenvalue weighted by Crippen LogP contribution is -2.28. The van der Waals surface area contributed by atoms with Crippen LogP contribution in [0, 0.1) is 5.41 Å². The second-order valence-corrected chi connectivity index (χ2v) is 12.7. The van der Waals surface area contributed by atoms with Crippen molar-refractivity contribution >= 4 is 0 Å². The fourth-order valence-electron chi connectivity index (χ4n) is 5.01. The Morgan fingerprint density at radius 1 is 0.707 bits per heavy atom. The van der Waals surface area contributed by atoms with Crippen molar-refractivity contribution in [1.29, 1.82) is 0 Å². The molecule has 0 heterocycles. The molecular formula is C40H58O. The summed E-state index contributed by atoms with van der Waals surface area (Å²) in [6.45, 7) is 21.8. The van der Waals surface area contributed by atoms with E-state index in [4.69, 9.17) is 0 Å². The standard InChI is InChI=1S/C40H58O/c1-31(2)17-13-20-34(5)23-15-25-35(6)24-14-21-32(3)18-11-12-19-33(4)22-16-26-36(7)27-28-39-37(8)29-38(41)30-40(39,9)10/h11-12,14,16-19,21-24,26-28,38,41H,13,15,20,25,29-30H2,1-10H3/b12-11+,21-14+,22-16+,28-27+,32-18+,33-19+,34-23+,35-24+,36-26+. The van der Waals surface area contributed by atoms with Gasteiger partial charge in [0.05, 0.1) is 6.10 Å². The molecule has 0 aromatic rings. The van der Waals surface area contributed by atoms with Crippen LogP contribution in [-0.2, 0) is 0 Å². The van der Waals surface area contributed by atoms with Gasteiger partial charge in [0.25, 0.3) is 0 Å². The van der Waals surface area contributed by atoms with Gasteiger partial charge < -0.3 is 5.11 Å². The van der Waals surface area contributed by atoms with Crippen LogP contribution < -0.4 is 0 Å². The first kappa shape index (κ1) is 36.1. The highest BCUT2D eigenvalue weighted by molar-refractivity contribution is 5.38. The number of rotatable bonds is 14. The maximum absolute atomic E-state index is 10.1. The first-order valence-electron chi connectivity index (χ1n) is 15.4. The highest BCUT2D eigenvalue weighted by Crippen LogP contribution is 2.41. The van der Waals surface area contributed by atoms with Crippen LogP contribution >= 0.6 is 0 Å². The molecule has 0 fully saturated rings. The zero-order valence-corrected chi connectivity index (χ0v) is 27.9. The van der Waals surface area contributed by atoms with Gasteiger partial charge in [-0.3, -0.25) is 0 Å². The van der Waals surface area contributed by atoms with Gasteiger partial charge in [0.1, 0.15) is 0 Å². The van der Waals surface area contributed by atoms with Gasteiger partial charge in [-0.15, -0.1) is 0 Å². The largest absolute Gasteiger partial charge is 0.393 e. The van der Waals surface area contributed by atoms with Crippen LogP contribution in [0.5, 0.6) is 0 Å². The third-order valence-corrected chi connectivity index (χ3v) is 7.40. The molecule has 1 atom stereocenters. The quantitative estimate of drug-likeness (QED) is 0.167. The Labute approximate surface area is 253 Å². The molecule has 1 rings (SSSR count). The summed E-state index contributed by atoms with van der Waals surface area (Å²) < 4.78 is 0. The third kappa shape index (κ3) is 16.8. The molecule has 1 aliphatic rings. The maximum Gasteiger partial charge on any atom is 0.0585 e. The molecule has 1 heteroatoms. The maximum atomic E-state index is 10.1. The van der Waals surface area contributed by atoms with E-state index in [0.29, 0.717) is 0 Å². The predicted molar refractivity (Wildman–Crippen MR) is 185 cm³/mol. The van der Waals surface area contributed by atoms with E-state index in [-0.39, 0.29) is 11.5 Å². The van der Waals surface area contributed by atoms with Crippen molar-refractivity contribution in [2.75, 3.05) is 0 Å². The van der Waals surface area contributed by atoms with E-state index in [1.54, 1.807) is 0 Å². The minimum absolute atomic E-state index is 0.0141. The van der Waals surface area contributed by atoms with Gasteiger partial charge in [0.15, 0.2) is 0 Å². The highest BCUT2D eigenvalue weighted by Gasteiger charge is 2.31. The first-order chi connectivity index (χ1) is 19.3. The minimum atomic E-state index is -0.220. The molecule has 1 N–H and O–H groups in total. The number of hydrogen-bond donors (Lipinski definition) is 1. The molecule has 1 unspecified atom stereocenters. The lowest BCUT2D eigenvalue weighted by Gasteiger charge is -2.35. The lowest BCUT2D eigenvalue weighted by molar-refractivity contribution is 0.116. The summed E-state index contributed by atoms with van der Waals surface area (Å²) in [6, 6.07) is 0. The van der Waals surface area contributed by atoms with Crippen LogP contribution in [0.3, 0.4) is 0 Å². The average Bonchev–Trinajstić information content (AvgIpc) is 2.85. The van der Waals surface area contributed by atoms with Crippen molar-refractivity contribution in [3.8, 4) is 0 Å². The molecule has 0 aliphatic heterocycles. The van der Waals surface area contributed by atoms with Crippen molar-refractivity contribution < 1.29 is 5.11 Å². The van der Waals surface area contributed by atoms with Gasteiger partial charge >= 0.3 is 0 Å². The molecule has 0 aromatic carbocycles. The van der Waals surface area contributed by atoms with Gasteiger partial charge in [-0.1, -0.05) is 138 Å². The summed E-state index contributed by atoms with van der Waals surface area (Å²) in [7, 11) is 0. The van der Waals surface area contributed by atoms with E-state index in [9.17, 15) is 5.11 Å². The topological polar surface area (TPSA) is 20.2 Å². The smallest absolute Gasteiger partial charge is 0.0585 e. The van der Waals surface area contributed by atoms with Crippen molar-refractivity contribution in [3.63, 3.8) is 0 Å². The van der Waals surface area contributed by atoms with E-state index in [2.05, 4.69) is 154 Å². The number of allylic oxidation sites excluding steroid dienone is 21. The number of aliphatic hydroxyl groups excluding tert-OH is 1. The monoisotopic (exact) mass is 554 g/mol. The molecule has 0 radical (unpaired) electrons. The molecule has 0 spiro atoms. The molecule has 1 nitrogen and oxygen atoms in total. The molecule has 0 aromatic heterocycles. The second kappa shape index (κ2) is 19.3. The Bertz CT molecular complexity index is 1170. The molecule has 0 saturated carbocycles. The summed E-state index contributed by atoms with van der Waals surface area (Å²) in [6.07, 6.45) is 36.4. The normalized spacial score (nSPS) is 20.0. The van der Waals surface area contributed by atoms with E-state index in [1.165, 1.54) is 44.6 Å². The highest BCUT2D eigenvalue weighted by atomic mass is 16.3.